The van der Waals surface area contributed by atoms with Gasteiger partial charge in [-0.1, -0.05) is 6.08 Å². The first-order valence-electron chi connectivity index (χ1n) is 6.73. The van der Waals surface area contributed by atoms with E-state index in [1.165, 1.54) is 0 Å². The number of rotatable bonds is 5. The summed E-state index contributed by atoms with van der Waals surface area (Å²) in [6, 6.07) is 0.226. The quantitative estimate of drug-likeness (QED) is 0.605. The lowest BCUT2D eigenvalue weighted by molar-refractivity contribution is 0.0506. The van der Waals surface area contributed by atoms with E-state index in [1.807, 2.05) is 26.8 Å². The smallest absolute Gasteiger partial charge is 0.407 e. The van der Waals surface area contributed by atoms with Crippen LogP contribution in [-0.4, -0.2) is 42.3 Å². The number of likely N-dealkylation sites (tertiary alicyclic amines) is 1. The van der Waals surface area contributed by atoms with Crippen LogP contribution in [0.15, 0.2) is 12.7 Å². The van der Waals surface area contributed by atoms with E-state index in [0.717, 1.165) is 38.9 Å². The molecule has 0 aromatic carbocycles. The van der Waals surface area contributed by atoms with Crippen LogP contribution in [0.4, 0.5) is 4.79 Å². The topological polar surface area (TPSA) is 41.6 Å². The van der Waals surface area contributed by atoms with Crippen molar-refractivity contribution in [2.45, 2.75) is 51.7 Å². The number of ether oxygens (including phenoxy) is 1. The number of amides is 1. The van der Waals surface area contributed by atoms with Gasteiger partial charge in [0, 0.05) is 19.1 Å². The molecule has 0 radical (unpaired) electrons. The summed E-state index contributed by atoms with van der Waals surface area (Å²) in [6.45, 7) is 12.4. The second-order valence-electron chi connectivity index (χ2n) is 5.86. The van der Waals surface area contributed by atoms with Crippen LogP contribution >= 0.6 is 0 Å². The summed E-state index contributed by atoms with van der Waals surface area (Å²) < 4.78 is 5.25. The molecule has 1 aliphatic heterocycles. The Bertz CT molecular complexity index is 284. The molecule has 0 aliphatic carbocycles. The molecule has 4 nitrogen and oxygen atoms in total. The second-order valence-corrected chi connectivity index (χ2v) is 5.86. The molecule has 1 aliphatic rings. The zero-order valence-corrected chi connectivity index (χ0v) is 11.9. The Morgan fingerprint density at radius 1 is 1.56 bits per heavy atom. The van der Waals surface area contributed by atoms with Gasteiger partial charge in [-0.05, 0) is 46.6 Å². The highest BCUT2D eigenvalue weighted by molar-refractivity contribution is 5.68. The maximum Gasteiger partial charge on any atom is 0.407 e. The fraction of sp³-hybridized carbons (Fsp3) is 0.786. The van der Waals surface area contributed by atoms with Gasteiger partial charge in [0.1, 0.15) is 5.60 Å². The van der Waals surface area contributed by atoms with Crippen LogP contribution in [0.25, 0.3) is 0 Å². The summed E-state index contributed by atoms with van der Waals surface area (Å²) in [5, 5.41) is 2.93. The van der Waals surface area contributed by atoms with Gasteiger partial charge in [-0.25, -0.2) is 4.79 Å². The molecule has 1 unspecified atom stereocenters. The summed E-state index contributed by atoms with van der Waals surface area (Å²) in [5.74, 6) is 0. The van der Waals surface area contributed by atoms with Gasteiger partial charge in [0.2, 0.25) is 0 Å². The van der Waals surface area contributed by atoms with Crippen molar-refractivity contribution in [3.8, 4) is 0 Å². The maximum atomic E-state index is 11.6. The Kier molecular flexibility index (Phi) is 5.66. The maximum absolute atomic E-state index is 11.6. The predicted octanol–water partition coefficient (Wildman–Crippen LogP) is 2.55. The lowest BCUT2D eigenvalue weighted by Crippen LogP contribution is -2.40. The average molecular weight is 254 g/mol. The van der Waals surface area contributed by atoms with Gasteiger partial charge in [-0.15, -0.1) is 6.58 Å². The number of carbonyl (C=O) groups excluding carboxylic acids is 1. The van der Waals surface area contributed by atoms with Crippen molar-refractivity contribution in [1.29, 1.82) is 0 Å². The van der Waals surface area contributed by atoms with Gasteiger partial charge >= 0.3 is 6.09 Å². The minimum atomic E-state index is -0.424. The van der Waals surface area contributed by atoms with E-state index in [0.29, 0.717) is 0 Å². The molecule has 1 rings (SSSR count). The molecule has 1 amide bonds. The molecule has 1 fully saturated rings. The molecule has 4 heteroatoms. The fourth-order valence-corrected chi connectivity index (χ4v) is 2.09. The number of nitrogens with one attached hydrogen (secondary N) is 1. The monoisotopic (exact) mass is 254 g/mol. The average Bonchev–Trinajstić information content (AvgIpc) is 2.63. The van der Waals surface area contributed by atoms with E-state index in [9.17, 15) is 4.79 Å². The van der Waals surface area contributed by atoms with Gasteiger partial charge in [0.05, 0.1) is 0 Å². The highest BCUT2D eigenvalue weighted by Gasteiger charge is 2.25. The molecular formula is C14H26N2O2. The Hall–Kier alpha value is -1.03. The van der Waals surface area contributed by atoms with Gasteiger partial charge in [0.25, 0.3) is 0 Å². The van der Waals surface area contributed by atoms with Crippen molar-refractivity contribution in [2.75, 3.05) is 19.6 Å². The Morgan fingerprint density at radius 3 is 2.89 bits per heavy atom. The molecule has 1 heterocycles. The number of unbranched alkanes of at least 4 members (excludes halogenated alkanes) is 1. The summed E-state index contributed by atoms with van der Waals surface area (Å²) in [5.41, 5.74) is -0.424. The zero-order valence-electron chi connectivity index (χ0n) is 11.9. The first kappa shape index (κ1) is 15.0. The minimum Gasteiger partial charge on any atom is -0.444 e. The fourth-order valence-electron chi connectivity index (χ4n) is 2.09. The molecule has 1 atom stereocenters. The Morgan fingerprint density at radius 2 is 2.28 bits per heavy atom. The van der Waals surface area contributed by atoms with Crippen LogP contribution in [0, 0.1) is 0 Å². The first-order chi connectivity index (χ1) is 8.40. The van der Waals surface area contributed by atoms with Crippen LogP contribution < -0.4 is 5.32 Å². The molecule has 1 saturated heterocycles. The number of carbonyl (C=O) groups is 1. The zero-order chi connectivity index (χ0) is 13.6. The molecule has 0 bridgehead atoms. The van der Waals surface area contributed by atoms with Crippen LogP contribution in [0.1, 0.15) is 40.0 Å². The van der Waals surface area contributed by atoms with Gasteiger partial charge in [-0.2, -0.15) is 0 Å². The van der Waals surface area contributed by atoms with E-state index < -0.39 is 5.60 Å². The SMILES string of the molecule is C=CCCCN1CCC(NC(=O)OC(C)(C)C)C1. The van der Waals surface area contributed by atoms with Gasteiger partial charge < -0.3 is 15.0 Å². The largest absolute Gasteiger partial charge is 0.444 e. The summed E-state index contributed by atoms with van der Waals surface area (Å²) in [4.78, 5) is 14.0. The second kappa shape index (κ2) is 6.78. The van der Waals surface area contributed by atoms with Gasteiger partial charge in [-0.3, -0.25) is 0 Å². The normalized spacial score (nSPS) is 20.7. The Labute approximate surface area is 110 Å². The van der Waals surface area contributed by atoms with Crippen molar-refractivity contribution in [3.05, 3.63) is 12.7 Å². The van der Waals surface area contributed by atoms with Crippen molar-refractivity contribution in [1.82, 2.24) is 10.2 Å². The van der Waals surface area contributed by atoms with Crippen molar-refractivity contribution >= 4 is 6.09 Å². The molecule has 18 heavy (non-hydrogen) atoms. The molecule has 1 N–H and O–H groups in total. The van der Waals surface area contributed by atoms with E-state index in [-0.39, 0.29) is 12.1 Å². The summed E-state index contributed by atoms with van der Waals surface area (Å²) in [6.07, 6.45) is 4.85. The predicted molar refractivity (Wildman–Crippen MR) is 73.6 cm³/mol. The number of hydrogen-bond donors (Lipinski definition) is 1. The summed E-state index contributed by atoms with van der Waals surface area (Å²) >= 11 is 0. The third-order valence-corrected chi connectivity index (χ3v) is 2.88. The van der Waals surface area contributed by atoms with Crippen molar-refractivity contribution < 1.29 is 9.53 Å². The number of alkyl carbamates (subject to hydrolysis) is 1. The van der Waals surface area contributed by atoms with Crippen LogP contribution in [-0.2, 0) is 4.74 Å². The lowest BCUT2D eigenvalue weighted by Gasteiger charge is -2.22. The highest BCUT2D eigenvalue weighted by atomic mass is 16.6. The number of allylic oxidation sites excluding steroid dienone is 1. The van der Waals surface area contributed by atoms with Crippen LogP contribution in [0.3, 0.4) is 0 Å². The summed E-state index contributed by atoms with van der Waals surface area (Å²) in [7, 11) is 0. The molecule has 0 spiro atoms. The standard InChI is InChI=1S/C14H26N2O2/c1-5-6-7-9-16-10-8-12(11-16)15-13(17)18-14(2,3)4/h5,12H,1,6-11H2,2-4H3,(H,15,17). The highest BCUT2D eigenvalue weighted by Crippen LogP contribution is 2.12. The molecular weight excluding hydrogens is 228 g/mol. The van der Waals surface area contributed by atoms with E-state index in [1.54, 1.807) is 0 Å². The third-order valence-electron chi connectivity index (χ3n) is 2.88. The van der Waals surface area contributed by atoms with E-state index >= 15 is 0 Å². The van der Waals surface area contributed by atoms with E-state index in [2.05, 4.69) is 16.8 Å². The first-order valence-corrected chi connectivity index (χ1v) is 6.73. The van der Waals surface area contributed by atoms with Crippen LogP contribution in [0.5, 0.6) is 0 Å². The number of hydrogen-bond acceptors (Lipinski definition) is 3. The Balaban J connectivity index is 2.21. The molecule has 0 aromatic rings. The third kappa shape index (κ3) is 6.05. The molecule has 0 saturated carbocycles. The van der Waals surface area contributed by atoms with E-state index in [4.69, 9.17) is 4.74 Å². The minimum absolute atomic E-state index is 0.226. The van der Waals surface area contributed by atoms with Gasteiger partial charge in [0.15, 0.2) is 0 Å². The van der Waals surface area contributed by atoms with Crippen molar-refractivity contribution in [3.63, 3.8) is 0 Å². The van der Waals surface area contributed by atoms with Crippen LogP contribution in [0.2, 0.25) is 0 Å². The number of nitrogens with zero attached hydrogens (tertiary/aromatic N) is 1. The lowest BCUT2D eigenvalue weighted by atomic mass is 10.2. The molecule has 0 aromatic heterocycles. The molecule has 104 valence electrons. The van der Waals surface area contributed by atoms with Crippen molar-refractivity contribution in [2.24, 2.45) is 0 Å².